The minimum Gasteiger partial charge on any atom is -0.488 e. The number of ether oxygens (including phenoxy) is 1. The Morgan fingerprint density at radius 3 is 2.57 bits per heavy atom. The molecular weight excluding hydrogens is 464 g/mol. The molecule has 3 aromatic carbocycles. The first kappa shape index (κ1) is 20.4. The molecule has 0 saturated carbocycles. The van der Waals surface area contributed by atoms with Gasteiger partial charge in [0.2, 0.25) is 0 Å². The maximum absolute atomic E-state index is 14.0. The van der Waals surface area contributed by atoms with Crippen molar-refractivity contribution in [1.82, 2.24) is 0 Å². The Labute approximate surface area is 180 Å². The van der Waals surface area contributed by atoms with E-state index in [1.807, 2.05) is 12.1 Å². The third-order valence-corrected chi connectivity index (χ3v) is 5.16. The van der Waals surface area contributed by atoms with E-state index in [2.05, 4.69) is 15.9 Å². The summed E-state index contributed by atoms with van der Waals surface area (Å²) in [4.78, 5) is 0. The van der Waals surface area contributed by atoms with Crippen LogP contribution in [-0.2, 0) is 6.61 Å². The van der Waals surface area contributed by atoms with Gasteiger partial charge in [-0.25, -0.2) is 4.39 Å². The summed E-state index contributed by atoms with van der Waals surface area (Å²) in [5.74, 6) is 0.182. The number of nitrogens with zero attached hydrogens (tertiary/aromatic N) is 1. The van der Waals surface area contributed by atoms with E-state index in [4.69, 9.17) is 27.9 Å². The number of hydrogen-bond donors (Lipinski definition) is 0. The number of nitriles is 1. The van der Waals surface area contributed by atoms with Crippen LogP contribution in [0.25, 0.3) is 11.6 Å². The normalized spacial score (nSPS) is 11.2. The number of benzene rings is 3. The van der Waals surface area contributed by atoms with Crippen LogP contribution in [0.2, 0.25) is 10.0 Å². The zero-order chi connectivity index (χ0) is 20.1. The van der Waals surface area contributed by atoms with Crippen molar-refractivity contribution >= 4 is 50.8 Å². The number of hydrogen-bond acceptors (Lipinski definition) is 2. The van der Waals surface area contributed by atoms with E-state index >= 15 is 0 Å². The van der Waals surface area contributed by atoms with Crippen LogP contribution < -0.4 is 4.74 Å². The van der Waals surface area contributed by atoms with E-state index in [1.165, 1.54) is 6.07 Å². The summed E-state index contributed by atoms with van der Waals surface area (Å²) in [7, 11) is 0. The maximum atomic E-state index is 14.0. The number of rotatable bonds is 5. The molecule has 0 unspecified atom stereocenters. The van der Waals surface area contributed by atoms with Gasteiger partial charge in [0.1, 0.15) is 18.2 Å². The van der Waals surface area contributed by atoms with Crippen molar-refractivity contribution in [3.63, 3.8) is 0 Å². The Morgan fingerprint density at radius 1 is 1.11 bits per heavy atom. The van der Waals surface area contributed by atoms with Crippen LogP contribution in [0.1, 0.15) is 16.7 Å². The molecule has 140 valence electrons. The van der Waals surface area contributed by atoms with Gasteiger partial charge in [-0.15, -0.1) is 0 Å². The minimum absolute atomic E-state index is 0.242. The molecule has 2 nitrogen and oxygen atoms in total. The van der Waals surface area contributed by atoms with Gasteiger partial charge in [0.25, 0.3) is 0 Å². The quantitative estimate of drug-likeness (QED) is 0.281. The third-order valence-electron chi connectivity index (χ3n) is 3.95. The lowest BCUT2D eigenvalue weighted by Crippen LogP contribution is -1.97. The first-order chi connectivity index (χ1) is 13.5. The van der Waals surface area contributed by atoms with Gasteiger partial charge in [-0.3, -0.25) is 0 Å². The highest BCUT2D eigenvalue weighted by Crippen LogP contribution is 2.30. The summed E-state index contributed by atoms with van der Waals surface area (Å²) in [5, 5.41) is 10.5. The Morgan fingerprint density at radius 2 is 1.89 bits per heavy atom. The van der Waals surface area contributed by atoms with Crippen molar-refractivity contribution in [3.05, 3.63) is 97.7 Å². The highest BCUT2D eigenvalue weighted by Gasteiger charge is 2.09. The van der Waals surface area contributed by atoms with Crippen molar-refractivity contribution in [3.8, 4) is 11.8 Å². The Bertz CT molecular complexity index is 1090. The van der Waals surface area contributed by atoms with Crippen LogP contribution in [-0.4, -0.2) is 0 Å². The fourth-order valence-corrected chi connectivity index (χ4v) is 3.51. The first-order valence-corrected chi connectivity index (χ1v) is 9.76. The van der Waals surface area contributed by atoms with Crippen molar-refractivity contribution in [2.24, 2.45) is 0 Å². The Balaban J connectivity index is 1.80. The fraction of sp³-hybridized carbons (Fsp3) is 0.0455. The van der Waals surface area contributed by atoms with Crippen LogP contribution in [0, 0.1) is 17.1 Å². The van der Waals surface area contributed by atoms with Gasteiger partial charge in [0, 0.05) is 21.2 Å². The summed E-state index contributed by atoms with van der Waals surface area (Å²) >= 11 is 15.5. The van der Waals surface area contributed by atoms with E-state index in [-0.39, 0.29) is 17.7 Å². The van der Waals surface area contributed by atoms with E-state index in [9.17, 15) is 9.65 Å². The van der Waals surface area contributed by atoms with Gasteiger partial charge in [-0.1, -0.05) is 53.5 Å². The zero-order valence-electron chi connectivity index (χ0n) is 14.4. The lowest BCUT2D eigenvalue weighted by atomic mass is 10.0. The second-order valence-corrected chi connectivity index (χ2v) is 7.56. The smallest absolute Gasteiger partial charge is 0.134 e. The molecule has 0 fully saturated rings. The number of halogens is 4. The van der Waals surface area contributed by atoms with Gasteiger partial charge in [0.15, 0.2) is 0 Å². The summed E-state index contributed by atoms with van der Waals surface area (Å²) < 4.78 is 20.5. The summed E-state index contributed by atoms with van der Waals surface area (Å²) in [6, 6.07) is 18.8. The molecule has 0 spiro atoms. The topological polar surface area (TPSA) is 33.0 Å². The lowest BCUT2D eigenvalue weighted by Gasteiger charge is -2.10. The zero-order valence-corrected chi connectivity index (χ0v) is 17.5. The molecular formula is C22H13BrCl2FNO. The fourth-order valence-electron chi connectivity index (χ4n) is 2.53. The van der Waals surface area contributed by atoms with Crippen LogP contribution in [0.4, 0.5) is 4.39 Å². The molecule has 0 aromatic heterocycles. The van der Waals surface area contributed by atoms with Gasteiger partial charge in [-0.05, 0) is 57.9 Å². The Hall–Kier alpha value is -2.32. The maximum Gasteiger partial charge on any atom is 0.134 e. The molecule has 0 N–H and O–H groups in total. The Kier molecular flexibility index (Phi) is 6.74. The highest BCUT2D eigenvalue weighted by molar-refractivity contribution is 9.10. The summed E-state index contributed by atoms with van der Waals surface area (Å²) in [6.45, 7) is 0.280. The molecule has 0 aliphatic rings. The van der Waals surface area contributed by atoms with Crippen LogP contribution >= 0.6 is 39.1 Å². The molecule has 0 aliphatic carbocycles. The predicted molar refractivity (Wildman–Crippen MR) is 115 cm³/mol. The molecule has 6 heteroatoms. The predicted octanol–water partition coefficient (Wildman–Crippen LogP) is 7.54. The monoisotopic (exact) mass is 475 g/mol. The summed E-state index contributed by atoms with van der Waals surface area (Å²) in [5.41, 5.74) is 2.06. The van der Waals surface area contributed by atoms with E-state index in [0.717, 1.165) is 11.1 Å². The minimum atomic E-state index is -0.436. The molecule has 3 aromatic rings. The van der Waals surface area contributed by atoms with Crippen LogP contribution in [0.5, 0.6) is 5.75 Å². The third kappa shape index (κ3) is 4.94. The van der Waals surface area contributed by atoms with Gasteiger partial charge in [0.05, 0.1) is 16.1 Å². The van der Waals surface area contributed by atoms with Crippen molar-refractivity contribution in [2.45, 2.75) is 6.61 Å². The molecule has 0 bridgehead atoms. The van der Waals surface area contributed by atoms with E-state index < -0.39 is 5.82 Å². The molecule has 0 aliphatic heterocycles. The van der Waals surface area contributed by atoms with Crippen molar-refractivity contribution in [2.75, 3.05) is 0 Å². The molecule has 0 saturated heterocycles. The SMILES string of the molecule is N#CC(=Cc1ccc(OCc2ccc(Cl)cc2Cl)c(Br)c1)c1ccccc1F. The van der Waals surface area contributed by atoms with Crippen molar-refractivity contribution in [1.29, 1.82) is 5.26 Å². The number of allylic oxidation sites excluding steroid dienone is 1. The first-order valence-electron chi connectivity index (χ1n) is 8.21. The van der Waals surface area contributed by atoms with Crippen LogP contribution in [0.15, 0.2) is 65.1 Å². The molecule has 28 heavy (non-hydrogen) atoms. The standard InChI is InChI=1S/C22H13BrCl2FNO/c23-19-10-14(9-16(12-27)18-3-1-2-4-21(18)26)5-8-22(19)28-13-15-6-7-17(24)11-20(15)25/h1-11H,13H2. The van der Waals surface area contributed by atoms with Crippen molar-refractivity contribution < 1.29 is 9.13 Å². The second kappa shape index (κ2) is 9.25. The lowest BCUT2D eigenvalue weighted by molar-refractivity contribution is 0.304. The average Bonchev–Trinajstić information content (AvgIpc) is 2.67. The second-order valence-electron chi connectivity index (χ2n) is 5.86. The average molecular weight is 477 g/mol. The molecule has 0 atom stereocenters. The molecule has 0 amide bonds. The van der Waals surface area contributed by atoms with Gasteiger partial charge >= 0.3 is 0 Å². The highest BCUT2D eigenvalue weighted by atomic mass is 79.9. The van der Waals surface area contributed by atoms with Gasteiger partial charge < -0.3 is 4.74 Å². The van der Waals surface area contributed by atoms with E-state index in [0.29, 0.717) is 20.3 Å². The molecule has 0 heterocycles. The molecule has 0 radical (unpaired) electrons. The van der Waals surface area contributed by atoms with E-state index in [1.54, 1.807) is 54.6 Å². The largest absolute Gasteiger partial charge is 0.488 e. The molecule has 3 rings (SSSR count). The van der Waals surface area contributed by atoms with Gasteiger partial charge in [-0.2, -0.15) is 5.26 Å². The van der Waals surface area contributed by atoms with Crippen LogP contribution in [0.3, 0.4) is 0 Å². The summed E-state index contributed by atoms with van der Waals surface area (Å²) in [6.07, 6.45) is 1.63.